The third-order valence-electron chi connectivity index (χ3n) is 8.52. The van der Waals surface area contributed by atoms with E-state index in [4.69, 9.17) is 4.42 Å². The summed E-state index contributed by atoms with van der Waals surface area (Å²) in [6, 6.07) is 4.82. The van der Waals surface area contributed by atoms with Crippen molar-refractivity contribution in [3.8, 4) is 0 Å². The van der Waals surface area contributed by atoms with Crippen LogP contribution in [-0.2, 0) is 4.79 Å². The molecule has 2 heterocycles. The smallest absolute Gasteiger partial charge is 0.243 e. The number of rotatable bonds is 2. The maximum absolute atomic E-state index is 11.8. The Morgan fingerprint density at radius 1 is 1.15 bits per heavy atom. The highest BCUT2D eigenvalue weighted by molar-refractivity contribution is 5.89. The van der Waals surface area contributed by atoms with Crippen LogP contribution in [0.4, 0.5) is 5.88 Å². The molecule has 3 fully saturated rings. The second-order valence-electron chi connectivity index (χ2n) is 9.51. The minimum Gasteiger partial charge on any atom is -0.449 e. The number of carbonyl (C=O) groups is 1. The summed E-state index contributed by atoms with van der Waals surface area (Å²) in [5, 5.41) is 6.94. The summed E-state index contributed by atoms with van der Waals surface area (Å²) in [5.74, 6) is 3.25. The molecule has 0 saturated heterocycles. The van der Waals surface area contributed by atoms with Crippen molar-refractivity contribution >= 4 is 11.8 Å². The lowest BCUT2D eigenvalue weighted by molar-refractivity contribution is -0.122. The molecule has 2 unspecified atom stereocenters. The van der Waals surface area contributed by atoms with E-state index in [2.05, 4.69) is 30.6 Å². The first kappa shape index (κ1) is 16.5. The van der Waals surface area contributed by atoms with Crippen LogP contribution in [-0.4, -0.2) is 18.0 Å². The summed E-state index contributed by atoms with van der Waals surface area (Å²) in [5.41, 5.74) is 0.476. The quantitative estimate of drug-likeness (QED) is 0.830. The molecule has 0 spiro atoms. The summed E-state index contributed by atoms with van der Waals surface area (Å²) in [4.78, 5) is 11.8. The molecule has 0 aromatic carbocycles. The zero-order valence-corrected chi connectivity index (χ0v) is 15.8. The molecule has 4 nitrogen and oxygen atoms in total. The van der Waals surface area contributed by atoms with Crippen molar-refractivity contribution in [2.45, 2.75) is 64.5 Å². The topological polar surface area (TPSA) is 54.3 Å². The van der Waals surface area contributed by atoms with Crippen molar-refractivity contribution in [1.82, 2.24) is 5.32 Å². The van der Waals surface area contributed by atoms with Gasteiger partial charge in [0.05, 0.1) is 6.26 Å². The predicted octanol–water partition coefficient (Wildman–Crippen LogP) is 4.36. The number of nitrogens with one attached hydrogen (secondary N) is 2. The molecule has 3 aliphatic carbocycles. The average Bonchev–Trinajstić information content (AvgIpc) is 3.24. The Labute approximate surface area is 155 Å². The SMILES string of the molecule is C[C@]12C=CC(=O)NC1CC[C@@H]1[C@H]2CC[C@]2(C)C(Nc3ccco3)CC[C@@H]12. The number of furan rings is 1. The number of anilines is 1. The van der Waals surface area contributed by atoms with Crippen LogP contribution in [0.1, 0.15) is 52.4 Å². The molecule has 1 aromatic rings. The van der Waals surface area contributed by atoms with Gasteiger partial charge in [-0.15, -0.1) is 0 Å². The van der Waals surface area contributed by atoms with E-state index in [1.165, 1.54) is 32.1 Å². The molecule has 5 rings (SSSR count). The lowest BCUT2D eigenvalue weighted by Crippen LogP contribution is -2.59. The number of hydrogen-bond donors (Lipinski definition) is 2. The Hall–Kier alpha value is -1.71. The van der Waals surface area contributed by atoms with Crippen molar-refractivity contribution in [1.29, 1.82) is 0 Å². The fourth-order valence-corrected chi connectivity index (χ4v) is 7.10. The Kier molecular flexibility index (Phi) is 3.57. The molecular weight excluding hydrogens is 324 g/mol. The second-order valence-corrected chi connectivity index (χ2v) is 9.51. The van der Waals surface area contributed by atoms with E-state index in [1.54, 1.807) is 12.3 Å². The van der Waals surface area contributed by atoms with Gasteiger partial charge in [-0.05, 0) is 73.8 Å². The van der Waals surface area contributed by atoms with E-state index < -0.39 is 0 Å². The Balaban J connectivity index is 1.41. The van der Waals surface area contributed by atoms with E-state index in [-0.39, 0.29) is 11.3 Å². The van der Waals surface area contributed by atoms with E-state index in [0.29, 0.717) is 23.4 Å². The van der Waals surface area contributed by atoms with E-state index >= 15 is 0 Å². The van der Waals surface area contributed by atoms with Crippen molar-refractivity contribution < 1.29 is 9.21 Å². The third-order valence-corrected chi connectivity index (χ3v) is 8.52. The van der Waals surface area contributed by atoms with Gasteiger partial charge < -0.3 is 15.1 Å². The first-order valence-electron chi connectivity index (χ1n) is 10.3. The van der Waals surface area contributed by atoms with Crippen molar-refractivity contribution in [3.05, 3.63) is 30.5 Å². The van der Waals surface area contributed by atoms with Crippen LogP contribution in [0.3, 0.4) is 0 Å². The largest absolute Gasteiger partial charge is 0.449 e. The van der Waals surface area contributed by atoms with Crippen LogP contribution in [0.5, 0.6) is 0 Å². The van der Waals surface area contributed by atoms with Gasteiger partial charge in [-0.3, -0.25) is 4.79 Å². The number of carbonyl (C=O) groups excluding carboxylic acids is 1. The molecule has 4 aliphatic rings. The monoisotopic (exact) mass is 354 g/mol. The minimum atomic E-state index is 0.0927. The van der Waals surface area contributed by atoms with Crippen molar-refractivity contribution in [3.63, 3.8) is 0 Å². The normalized spacial score (nSPS) is 46.8. The molecule has 3 saturated carbocycles. The van der Waals surface area contributed by atoms with Crippen LogP contribution in [0.25, 0.3) is 0 Å². The molecule has 26 heavy (non-hydrogen) atoms. The van der Waals surface area contributed by atoms with Crippen LogP contribution in [0, 0.1) is 28.6 Å². The molecule has 4 heteroatoms. The van der Waals surface area contributed by atoms with Gasteiger partial charge in [0.15, 0.2) is 5.88 Å². The fourth-order valence-electron chi connectivity index (χ4n) is 7.10. The summed E-state index contributed by atoms with van der Waals surface area (Å²) in [6.07, 6.45) is 13.2. The predicted molar refractivity (Wildman–Crippen MR) is 102 cm³/mol. The first-order valence-corrected chi connectivity index (χ1v) is 10.3. The molecule has 2 N–H and O–H groups in total. The van der Waals surface area contributed by atoms with E-state index in [1.807, 2.05) is 12.1 Å². The molecule has 0 radical (unpaired) electrons. The summed E-state index contributed by atoms with van der Waals surface area (Å²) in [7, 11) is 0. The Bertz CT molecular complexity index is 727. The number of fused-ring (bicyclic) bond motifs is 5. The van der Waals surface area contributed by atoms with E-state index in [0.717, 1.165) is 24.1 Å². The fraction of sp³-hybridized carbons (Fsp3) is 0.682. The average molecular weight is 354 g/mol. The van der Waals surface area contributed by atoms with Crippen LogP contribution in [0.2, 0.25) is 0 Å². The lowest BCUT2D eigenvalue weighted by Gasteiger charge is -2.58. The maximum atomic E-state index is 11.8. The highest BCUT2D eigenvalue weighted by atomic mass is 16.3. The molecule has 7 atom stereocenters. The highest BCUT2D eigenvalue weighted by Crippen LogP contribution is 2.63. The summed E-state index contributed by atoms with van der Waals surface area (Å²) in [6.45, 7) is 4.90. The summed E-state index contributed by atoms with van der Waals surface area (Å²) >= 11 is 0. The Morgan fingerprint density at radius 3 is 2.85 bits per heavy atom. The standard InChI is InChI=1S/C22H30N2O2/c1-21-11-9-16-14(5-7-17-22(16,2)12-10-19(25)23-17)15(21)6-8-18(21)24-20-4-3-13-26-20/h3-4,10,12-18,24H,5-9,11H2,1-2H3,(H,23,25)/t14-,15-,16+,17?,18?,21-,22+/m0/s1. The van der Waals surface area contributed by atoms with Gasteiger partial charge in [-0.25, -0.2) is 0 Å². The van der Waals surface area contributed by atoms with Crippen LogP contribution in [0.15, 0.2) is 35.0 Å². The first-order chi connectivity index (χ1) is 12.5. The highest BCUT2D eigenvalue weighted by Gasteiger charge is 2.59. The van der Waals surface area contributed by atoms with Crippen LogP contribution < -0.4 is 10.6 Å². The zero-order chi connectivity index (χ0) is 17.9. The molecule has 1 amide bonds. The van der Waals surface area contributed by atoms with Crippen LogP contribution >= 0.6 is 0 Å². The van der Waals surface area contributed by atoms with Gasteiger partial charge in [0.2, 0.25) is 5.91 Å². The van der Waals surface area contributed by atoms with Gasteiger partial charge in [0, 0.05) is 23.6 Å². The lowest BCUT2D eigenvalue weighted by atomic mass is 9.48. The van der Waals surface area contributed by atoms with Gasteiger partial charge in [-0.2, -0.15) is 0 Å². The molecular formula is C22H30N2O2. The number of amides is 1. The molecule has 140 valence electrons. The van der Waals surface area contributed by atoms with Crippen molar-refractivity contribution in [2.75, 3.05) is 5.32 Å². The molecule has 1 aliphatic heterocycles. The van der Waals surface area contributed by atoms with Gasteiger partial charge in [-0.1, -0.05) is 19.9 Å². The third kappa shape index (κ3) is 2.23. The Morgan fingerprint density at radius 2 is 2.04 bits per heavy atom. The minimum absolute atomic E-state index is 0.0927. The molecule has 1 aromatic heterocycles. The molecule has 0 bridgehead atoms. The van der Waals surface area contributed by atoms with Gasteiger partial charge in [0.1, 0.15) is 0 Å². The van der Waals surface area contributed by atoms with E-state index in [9.17, 15) is 4.79 Å². The van der Waals surface area contributed by atoms with Gasteiger partial charge >= 0.3 is 0 Å². The second kappa shape index (κ2) is 5.64. The maximum Gasteiger partial charge on any atom is 0.243 e. The zero-order valence-electron chi connectivity index (χ0n) is 15.8. The van der Waals surface area contributed by atoms with Gasteiger partial charge in [0.25, 0.3) is 0 Å². The number of hydrogen-bond acceptors (Lipinski definition) is 3. The summed E-state index contributed by atoms with van der Waals surface area (Å²) < 4.78 is 5.56. The van der Waals surface area contributed by atoms with Crippen molar-refractivity contribution in [2.24, 2.45) is 28.6 Å².